The molecule has 1 aliphatic carbocycles. The summed E-state index contributed by atoms with van der Waals surface area (Å²) in [7, 11) is 0. The van der Waals surface area contributed by atoms with Crippen molar-refractivity contribution in [3.63, 3.8) is 0 Å². The highest BCUT2D eigenvalue weighted by molar-refractivity contribution is 4.82. The fourth-order valence-corrected chi connectivity index (χ4v) is 1.72. The summed E-state index contributed by atoms with van der Waals surface area (Å²) in [5.41, 5.74) is 0. The summed E-state index contributed by atoms with van der Waals surface area (Å²) in [5, 5.41) is 7.03. The Kier molecular flexibility index (Phi) is 2.44. The smallest absolute Gasteiger partial charge is 0.00683 e. The third-order valence-electron chi connectivity index (χ3n) is 2.67. The topological polar surface area (TPSA) is 24.1 Å². The van der Waals surface area contributed by atoms with Gasteiger partial charge in [-0.3, -0.25) is 0 Å². The van der Waals surface area contributed by atoms with E-state index in [4.69, 9.17) is 0 Å². The molecular weight excluding hydrogens is 136 g/mol. The summed E-state index contributed by atoms with van der Waals surface area (Å²) in [6.07, 6.45) is 5.63. The normalized spacial score (nSPS) is 32.2. The van der Waals surface area contributed by atoms with Gasteiger partial charge in [-0.05, 0) is 51.2 Å². The minimum Gasteiger partial charge on any atom is -0.316 e. The molecule has 0 aromatic heterocycles. The van der Waals surface area contributed by atoms with Gasteiger partial charge in [0.2, 0.25) is 0 Å². The van der Waals surface area contributed by atoms with Crippen LogP contribution in [0, 0.1) is 5.92 Å². The van der Waals surface area contributed by atoms with Gasteiger partial charge >= 0.3 is 0 Å². The molecule has 1 aliphatic heterocycles. The molecule has 2 aliphatic rings. The van der Waals surface area contributed by atoms with Crippen molar-refractivity contribution in [3.05, 3.63) is 0 Å². The summed E-state index contributed by atoms with van der Waals surface area (Å²) in [4.78, 5) is 0. The standard InChI is InChI=1S/C9H18N2/c1-2-8(6-10-5-1)7-11-9-3-4-9/h8-11H,1-7H2/t8-/m1/s1. The first-order chi connectivity index (χ1) is 5.45. The highest BCUT2D eigenvalue weighted by Crippen LogP contribution is 2.19. The van der Waals surface area contributed by atoms with Crippen molar-refractivity contribution in [3.8, 4) is 0 Å². The van der Waals surface area contributed by atoms with Crippen LogP contribution in [0.2, 0.25) is 0 Å². The van der Waals surface area contributed by atoms with Gasteiger partial charge in [0.1, 0.15) is 0 Å². The van der Waals surface area contributed by atoms with Crippen LogP contribution in [0.3, 0.4) is 0 Å². The van der Waals surface area contributed by atoms with Crippen LogP contribution in [0.5, 0.6) is 0 Å². The van der Waals surface area contributed by atoms with Crippen molar-refractivity contribution in [2.24, 2.45) is 5.92 Å². The SMILES string of the molecule is C1CNC[C@H](CNC2CC2)C1. The lowest BCUT2D eigenvalue weighted by Gasteiger charge is -2.22. The van der Waals surface area contributed by atoms with Crippen LogP contribution in [-0.2, 0) is 0 Å². The Morgan fingerprint density at radius 3 is 2.82 bits per heavy atom. The first-order valence-corrected chi connectivity index (χ1v) is 4.89. The average Bonchev–Trinajstić information content (AvgIpc) is 2.86. The van der Waals surface area contributed by atoms with Crippen molar-refractivity contribution in [1.82, 2.24) is 10.6 Å². The van der Waals surface area contributed by atoms with Crippen LogP contribution >= 0.6 is 0 Å². The van der Waals surface area contributed by atoms with E-state index in [9.17, 15) is 0 Å². The van der Waals surface area contributed by atoms with Crippen LogP contribution in [-0.4, -0.2) is 25.7 Å². The fraction of sp³-hybridized carbons (Fsp3) is 1.00. The van der Waals surface area contributed by atoms with Gasteiger partial charge in [-0.2, -0.15) is 0 Å². The lowest BCUT2D eigenvalue weighted by Crippen LogP contribution is -2.36. The lowest BCUT2D eigenvalue weighted by molar-refractivity contribution is 0.359. The number of nitrogens with one attached hydrogen (secondary N) is 2. The van der Waals surface area contributed by atoms with Gasteiger partial charge in [0, 0.05) is 6.04 Å². The number of piperidine rings is 1. The molecule has 2 nitrogen and oxygen atoms in total. The third-order valence-corrected chi connectivity index (χ3v) is 2.67. The van der Waals surface area contributed by atoms with E-state index in [-0.39, 0.29) is 0 Å². The minimum atomic E-state index is 0.886. The molecule has 2 fully saturated rings. The van der Waals surface area contributed by atoms with Crippen LogP contribution < -0.4 is 10.6 Å². The third kappa shape index (κ3) is 2.46. The van der Waals surface area contributed by atoms with E-state index in [1.54, 1.807) is 0 Å². The molecule has 2 N–H and O–H groups in total. The quantitative estimate of drug-likeness (QED) is 0.626. The van der Waals surface area contributed by atoms with Gasteiger partial charge < -0.3 is 10.6 Å². The van der Waals surface area contributed by atoms with Gasteiger partial charge in [-0.1, -0.05) is 0 Å². The Morgan fingerprint density at radius 2 is 2.18 bits per heavy atom. The van der Waals surface area contributed by atoms with Gasteiger partial charge in [0.25, 0.3) is 0 Å². The zero-order chi connectivity index (χ0) is 7.52. The molecule has 0 aromatic carbocycles. The molecule has 1 saturated heterocycles. The molecule has 0 aromatic rings. The summed E-state index contributed by atoms with van der Waals surface area (Å²) in [5.74, 6) is 0.907. The summed E-state index contributed by atoms with van der Waals surface area (Å²) in [6.45, 7) is 3.72. The maximum absolute atomic E-state index is 3.59. The number of rotatable bonds is 3. The van der Waals surface area contributed by atoms with Crippen molar-refractivity contribution in [2.45, 2.75) is 31.7 Å². The Morgan fingerprint density at radius 1 is 1.27 bits per heavy atom. The fourth-order valence-electron chi connectivity index (χ4n) is 1.72. The van der Waals surface area contributed by atoms with E-state index in [1.165, 1.54) is 45.3 Å². The molecule has 0 spiro atoms. The van der Waals surface area contributed by atoms with Gasteiger partial charge in [-0.25, -0.2) is 0 Å². The number of hydrogen-bond acceptors (Lipinski definition) is 2. The molecule has 0 amide bonds. The predicted molar refractivity (Wildman–Crippen MR) is 46.6 cm³/mol. The molecule has 1 heterocycles. The van der Waals surface area contributed by atoms with E-state index in [0.29, 0.717) is 0 Å². The molecule has 0 bridgehead atoms. The molecule has 0 radical (unpaired) electrons. The van der Waals surface area contributed by atoms with Gasteiger partial charge in [0.15, 0.2) is 0 Å². The molecule has 0 unspecified atom stereocenters. The van der Waals surface area contributed by atoms with Crippen molar-refractivity contribution in [2.75, 3.05) is 19.6 Å². The second-order valence-corrected chi connectivity index (χ2v) is 3.89. The number of hydrogen-bond donors (Lipinski definition) is 2. The van der Waals surface area contributed by atoms with Crippen LogP contribution in [0.15, 0.2) is 0 Å². The molecule has 1 atom stereocenters. The highest BCUT2D eigenvalue weighted by atomic mass is 15.0. The van der Waals surface area contributed by atoms with E-state index in [1.807, 2.05) is 0 Å². The zero-order valence-corrected chi connectivity index (χ0v) is 7.10. The Bertz CT molecular complexity index is 115. The first-order valence-electron chi connectivity index (χ1n) is 4.89. The highest BCUT2D eigenvalue weighted by Gasteiger charge is 2.22. The second-order valence-electron chi connectivity index (χ2n) is 3.89. The van der Waals surface area contributed by atoms with E-state index >= 15 is 0 Å². The summed E-state index contributed by atoms with van der Waals surface area (Å²) >= 11 is 0. The molecule has 64 valence electrons. The minimum absolute atomic E-state index is 0.886. The second kappa shape index (κ2) is 3.55. The van der Waals surface area contributed by atoms with E-state index in [0.717, 1.165) is 12.0 Å². The molecule has 11 heavy (non-hydrogen) atoms. The first kappa shape index (κ1) is 7.56. The van der Waals surface area contributed by atoms with Crippen LogP contribution in [0.25, 0.3) is 0 Å². The van der Waals surface area contributed by atoms with Crippen molar-refractivity contribution < 1.29 is 0 Å². The Labute approximate surface area is 68.7 Å². The summed E-state index contributed by atoms with van der Waals surface area (Å²) in [6, 6.07) is 0.886. The Balaban J connectivity index is 1.59. The average molecular weight is 154 g/mol. The molecule has 2 rings (SSSR count). The zero-order valence-electron chi connectivity index (χ0n) is 7.10. The monoisotopic (exact) mass is 154 g/mol. The largest absolute Gasteiger partial charge is 0.316 e. The molecule has 1 saturated carbocycles. The van der Waals surface area contributed by atoms with Crippen LogP contribution in [0.1, 0.15) is 25.7 Å². The predicted octanol–water partition coefficient (Wildman–Crippen LogP) is 0.738. The van der Waals surface area contributed by atoms with Crippen molar-refractivity contribution >= 4 is 0 Å². The molecular formula is C9H18N2. The lowest BCUT2D eigenvalue weighted by atomic mass is 10.00. The molecule has 2 heteroatoms. The van der Waals surface area contributed by atoms with E-state index in [2.05, 4.69) is 10.6 Å². The summed E-state index contributed by atoms with van der Waals surface area (Å²) < 4.78 is 0. The maximum atomic E-state index is 3.59. The Hall–Kier alpha value is -0.0800. The van der Waals surface area contributed by atoms with E-state index < -0.39 is 0 Å². The maximum Gasteiger partial charge on any atom is 0.00683 e. The van der Waals surface area contributed by atoms with Gasteiger partial charge in [0.05, 0.1) is 0 Å². The van der Waals surface area contributed by atoms with Gasteiger partial charge in [-0.15, -0.1) is 0 Å². The van der Waals surface area contributed by atoms with Crippen molar-refractivity contribution in [1.29, 1.82) is 0 Å². The van der Waals surface area contributed by atoms with Crippen LogP contribution in [0.4, 0.5) is 0 Å².